The van der Waals surface area contributed by atoms with Crippen LogP contribution in [0.2, 0.25) is 0 Å². The minimum atomic E-state index is 0. The van der Waals surface area contributed by atoms with Gasteiger partial charge in [-0.25, -0.2) is 0 Å². The van der Waals surface area contributed by atoms with Crippen molar-refractivity contribution in [3.8, 4) is 0 Å². The molecule has 13 heavy (non-hydrogen) atoms. The van der Waals surface area contributed by atoms with Crippen molar-refractivity contribution < 1.29 is 0 Å². The van der Waals surface area contributed by atoms with Gasteiger partial charge in [-0.2, -0.15) is 0 Å². The van der Waals surface area contributed by atoms with E-state index < -0.39 is 0 Å². The van der Waals surface area contributed by atoms with Gasteiger partial charge in [0.05, 0.1) is 0 Å². The summed E-state index contributed by atoms with van der Waals surface area (Å²) in [5, 5.41) is 0. The molecule has 0 amide bonds. The van der Waals surface area contributed by atoms with Crippen LogP contribution in [0.4, 0.5) is 0 Å². The number of aryl methyl sites for hydroxylation is 2. The second-order valence-electron chi connectivity index (χ2n) is 3.55. The van der Waals surface area contributed by atoms with Gasteiger partial charge in [-0.3, -0.25) is 0 Å². The van der Waals surface area contributed by atoms with Crippen molar-refractivity contribution in [2.75, 3.05) is 0 Å². The third kappa shape index (κ3) is 3.37. The Morgan fingerprint density at radius 2 is 1.69 bits per heavy atom. The third-order valence-corrected chi connectivity index (χ3v) is 2.17. The molecular weight excluding hydrogens is 182 g/mol. The normalized spacial score (nSPS) is 12.0. The molecule has 0 bridgehead atoms. The molecule has 2 N–H and O–H groups in total. The molecule has 0 fully saturated rings. The number of rotatable bonds is 2. The lowest BCUT2D eigenvalue weighted by Crippen LogP contribution is -2.19. The lowest BCUT2D eigenvalue weighted by molar-refractivity contribution is 0.731. The number of benzene rings is 1. The number of nitrogens with two attached hydrogens (primary N) is 1. The maximum absolute atomic E-state index is 5.76. The molecule has 1 aromatic carbocycles. The van der Waals surface area contributed by atoms with Crippen molar-refractivity contribution in [3.63, 3.8) is 0 Å². The zero-order valence-corrected chi connectivity index (χ0v) is 9.32. The summed E-state index contributed by atoms with van der Waals surface area (Å²) in [6, 6.07) is 6.63. The Morgan fingerprint density at radius 1 is 1.23 bits per heavy atom. The average Bonchev–Trinajstić information content (AvgIpc) is 1.97. The molecule has 74 valence electrons. The van der Waals surface area contributed by atoms with Crippen LogP contribution in [0.1, 0.15) is 23.6 Å². The highest BCUT2D eigenvalue weighted by Gasteiger charge is 2.03. The van der Waals surface area contributed by atoms with Crippen LogP contribution in [-0.4, -0.2) is 6.04 Å². The van der Waals surface area contributed by atoms with E-state index in [4.69, 9.17) is 5.73 Å². The molecule has 0 saturated carbocycles. The highest BCUT2D eigenvalue weighted by molar-refractivity contribution is 5.85. The molecule has 1 atom stereocenters. The minimum Gasteiger partial charge on any atom is -0.328 e. The predicted octanol–water partition coefficient (Wildman–Crippen LogP) is 2.61. The Kier molecular flexibility index (Phi) is 5.04. The molecule has 0 aliphatic carbocycles. The summed E-state index contributed by atoms with van der Waals surface area (Å²) in [4.78, 5) is 0. The van der Waals surface area contributed by atoms with Gasteiger partial charge in [0.2, 0.25) is 0 Å². The molecule has 0 spiro atoms. The van der Waals surface area contributed by atoms with Gasteiger partial charge in [0.15, 0.2) is 0 Å². The molecule has 0 aromatic heterocycles. The van der Waals surface area contributed by atoms with Crippen LogP contribution in [0.15, 0.2) is 18.2 Å². The van der Waals surface area contributed by atoms with Crippen LogP contribution in [0.25, 0.3) is 0 Å². The summed E-state index contributed by atoms with van der Waals surface area (Å²) >= 11 is 0. The van der Waals surface area contributed by atoms with Gasteiger partial charge in [-0.1, -0.05) is 18.2 Å². The molecule has 2 heteroatoms. The summed E-state index contributed by atoms with van der Waals surface area (Å²) in [5.41, 5.74) is 9.88. The molecular formula is C11H18ClN. The zero-order valence-electron chi connectivity index (χ0n) is 8.50. The second kappa shape index (κ2) is 5.25. The zero-order chi connectivity index (χ0) is 9.14. The Labute approximate surface area is 86.7 Å². The first-order valence-electron chi connectivity index (χ1n) is 4.42. The van der Waals surface area contributed by atoms with E-state index in [0.717, 1.165) is 6.42 Å². The van der Waals surface area contributed by atoms with Gasteiger partial charge < -0.3 is 5.73 Å². The van der Waals surface area contributed by atoms with Crippen LogP contribution in [0.5, 0.6) is 0 Å². The van der Waals surface area contributed by atoms with Gasteiger partial charge in [-0.05, 0) is 43.9 Å². The third-order valence-electron chi connectivity index (χ3n) is 2.17. The summed E-state index contributed by atoms with van der Waals surface area (Å²) in [5.74, 6) is 0. The number of hydrogen-bond donors (Lipinski definition) is 1. The Morgan fingerprint density at radius 3 is 2.08 bits per heavy atom. The molecule has 0 radical (unpaired) electrons. The van der Waals surface area contributed by atoms with Crippen molar-refractivity contribution in [2.24, 2.45) is 5.73 Å². The molecule has 1 rings (SSSR count). The first-order chi connectivity index (χ1) is 5.61. The molecule has 1 aromatic rings. The molecule has 1 nitrogen and oxygen atoms in total. The first kappa shape index (κ1) is 12.5. The largest absolute Gasteiger partial charge is 0.328 e. The van der Waals surface area contributed by atoms with E-state index in [1.807, 2.05) is 6.92 Å². The molecule has 0 saturated heterocycles. The Balaban J connectivity index is 0.00000144. The molecule has 0 aliphatic rings. The van der Waals surface area contributed by atoms with E-state index >= 15 is 0 Å². The molecule has 0 aliphatic heterocycles. The maximum Gasteiger partial charge on any atom is 0.00511 e. The number of halogens is 1. The lowest BCUT2D eigenvalue weighted by atomic mass is 9.97. The monoisotopic (exact) mass is 199 g/mol. The van der Waals surface area contributed by atoms with E-state index in [1.54, 1.807) is 0 Å². The van der Waals surface area contributed by atoms with Gasteiger partial charge in [-0.15, -0.1) is 12.4 Å². The summed E-state index contributed by atoms with van der Waals surface area (Å²) in [6.07, 6.45) is 0.985. The van der Waals surface area contributed by atoms with Crippen LogP contribution in [-0.2, 0) is 6.42 Å². The average molecular weight is 200 g/mol. The fourth-order valence-corrected chi connectivity index (χ4v) is 1.49. The molecule has 0 heterocycles. The molecule has 0 unspecified atom stereocenters. The lowest BCUT2D eigenvalue weighted by Gasteiger charge is -2.11. The quantitative estimate of drug-likeness (QED) is 0.779. The standard InChI is InChI=1S/C11H17N.ClH/c1-8-5-4-6-9(2)11(8)7-10(3)12;/h4-6,10H,7,12H2,1-3H3;1H/t10-;/m1./s1. The van der Waals surface area contributed by atoms with Crippen LogP contribution in [0.3, 0.4) is 0 Å². The van der Waals surface area contributed by atoms with Crippen molar-refractivity contribution in [2.45, 2.75) is 33.2 Å². The summed E-state index contributed by atoms with van der Waals surface area (Å²) in [6.45, 7) is 6.33. The van der Waals surface area contributed by atoms with E-state index in [9.17, 15) is 0 Å². The van der Waals surface area contributed by atoms with Crippen molar-refractivity contribution >= 4 is 12.4 Å². The van der Waals surface area contributed by atoms with Crippen molar-refractivity contribution in [1.82, 2.24) is 0 Å². The van der Waals surface area contributed by atoms with E-state index in [-0.39, 0.29) is 18.4 Å². The SMILES string of the molecule is Cc1cccc(C)c1C[C@@H](C)N.Cl. The topological polar surface area (TPSA) is 26.0 Å². The van der Waals surface area contributed by atoms with E-state index in [0.29, 0.717) is 0 Å². The van der Waals surface area contributed by atoms with Crippen LogP contribution in [0, 0.1) is 13.8 Å². The fourth-order valence-electron chi connectivity index (χ4n) is 1.49. The second-order valence-corrected chi connectivity index (χ2v) is 3.55. The van der Waals surface area contributed by atoms with Gasteiger partial charge in [0, 0.05) is 6.04 Å². The summed E-state index contributed by atoms with van der Waals surface area (Å²) in [7, 11) is 0. The van der Waals surface area contributed by atoms with Gasteiger partial charge in [0.1, 0.15) is 0 Å². The minimum absolute atomic E-state index is 0. The number of hydrogen-bond acceptors (Lipinski definition) is 1. The van der Waals surface area contributed by atoms with Crippen molar-refractivity contribution in [1.29, 1.82) is 0 Å². The highest BCUT2D eigenvalue weighted by Crippen LogP contribution is 2.14. The highest BCUT2D eigenvalue weighted by atomic mass is 35.5. The smallest absolute Gasteiger partial charge is 0.00511 e. The van der Waals surface area contributed by atoms with Gasteiger partial charge in [0.25, 0.3) is 0 Å². The van der Waals surface area contributed by atoms with E-state index in [2.05, 4.69) is 32.0 Å². The van der Waals surface area contributed by atoms with Gasteiger partial charge >= 0.3 is 0 Å². The van der Waals surface area contributed by atoms with E-state index in [1.165, 1.54) is 16.7 Å². The first-order valence-corrected chi connectivity index (χ1v) is 4.42. The Hall–Kier alpha value is -0.530. The Bertz CT molecular complexity index is 249. The van der Waals surface area contributed by atoms with Crippen LogP contribution < -0.4 is 5.73 Å². The van der Waals surface area contributed by atoms with Crippen LogP contribution >= 0.6 is 12.4 Å². The van der Waals surface area contributed by atoms with Crippen molar-refractivity contribution in [3.05, 3.63) is 34.9 Å². The maximum atomic E-state index is 5.76. The predicted molar refractivity (Wildman–Crippen MR) is 60.5 cm³/mol. The fraction of sp³-hybridized carbons (Fsp3) is 0.455. The summed E-state index contributed by atoms with van der Waals surface area (Å²) < 4.78 is 0.